The first-order valence-corrected chi connectivity index (χ1v) is 9.09. The Labute approximate surface area is 143 Å². The molecule has 1 atom stereocenters. The van der Waals surface area contributed by atoms with Gasteiger partial charge in [-0.1, -0.05) is 29.8 Å². The number of rotatable bonds is 3. The quantitative estimate of drug-likeness (QED) is 0.715. The van der Waals surface area contributed by atoms with Crippen molar-refractivity contribution in [3.05, 3.63) is 56.9 Å². The molecule has 5 heteroatoms. The number of aromatic amines is 1. The molecule has 4 rings (SSSR count). The van der Waals surface area contributed by atoms with Gasteiger partial charge in [-0.2, -0.15) is 0 Å². The molecule has 0 saturated carbocycles. The van der Waals surface area contributed by atoms with Crippen molar-refractivity contribution in [3.8, 4) is 0 Å². The number of carbonyl (C=O) groups is 1. The van der Waals surface area contributed by atoms with Crippen LogP contribution in [0.5, 0.6) is 0 Å². The molecule has 0 unspecified atom stereocenters. The maximum absolute atomic E-state index is 12.3. The summed E-state index contributed by atoms with van der Waals surface area (Å²) in [5, 5.41) is 7.11. The second-order valence-electron chi connectivity index (χ2n) is 5.95. The number of H-pyrrole nitrogens is 1. The number of aryl methyl sites for hydroxylation is 1. The van der Waals surface area contributed by atoms with Gasteiger partial charge in [-0.3, -0.25) is 4.79 Å². The first-order chi connectivity index (χ1) is 11.2. The van der Waals surface area contributed by atoms with E-state index in [9.17, 15) is 4.79 Å². The van der Waals surface area contributed by atoms with E-state index in [1.165, 1.54) is 10.9 Å². The van der Waals surface area contributed by atoms with Crippen molar-refractivity contribution in [2.45, 2.75) is 31.7 Å². The van der Waals surface area contributed by atoms with E-state index in [1.54, 1.807) is 11.3 Å². The van der Waals surface area contributed by atoms with Gasteiger partial charge in [0.15, 0.2) is 0 Å². The summed E-state index contributed by atoms with van der Waals surface area (Å²) >= 11 is 7.93. The van der Waals surface area contributed by atoms with Gasteiger partial charge >= 0.3 is 0 Å². The van der Waals surface area contributed by atoms with Crippen molar-refractivity contribution in [1.82, 2.24) is 10.3 Å². The molecule has 1 amide bonds. The molecule has 2 N–H and O–H groups in total. The number of thiophene rings is 1. The lowest BCUT2D eigenvalue weighted by atomic mass is 9.91. The Kier molecular flexibility index (Phi) is 3.87. The zero-order valence-corrected chi connectivity index (χ0v) is 14.1. The van der Waals surface area contributed by atoms with E-state index in [0.29, 0.717) is 6.42 Å². The minimum atomic E-state index is 0.0506. The lowest BCUT2D eigenvalue weighted by Gasteiger charge is -2.23. The molecule has 1 aromatic carbocycles. The zero-order chi connectivity index (χ0) is 15.8. The molecule has 0 aliphatic heterocycles. The third-order valence-corrected chi connectivity index (χ3v) is 5.63. The molecule has 3 nitrogen and oxygen atoms in total. The van der Waals surface area contributed by atoms with Crippen LogP contribution in [0.3, 0.4) is 0 Å². The molecule has 2 heterocycles. The smallest absolute Gasteiger partial charge is 0.225 e. The number of fused-ring (bicyclic) bond motifs is 3. The molecule has 23 heavy (non-hydrogen) atoms. The summed E-state index contributed by atoms with van der Waals surface area (Å²) < 4.78 is 0. The molecule has 1 aliphatic rings. The second-order valence-corrected chi connectivity index (χ2v) is 7.39. The van der Waals surface area contributed by atoms with Crippen LogP contribution >= 0.6 is 22.9 Å². The summed E-state index contributed by atoms with van der Waals surface area (Å²) in [7, 11) is 0. The maximum atomic E-state index is 12.3. The highest BCUT2D eigenvalue weighted by Gasteiger charge is 2.26. The largest absolute Gasteiger partial charge is 0.355 e. The number of halogens is 1. The van der Waals surface area contributed by atoms with Crippen LogP contribution in [0.1, 0.15) is 35.0 Å². The van der Waals surface area contributed by atoms with Crippen LogP contribution in [0.2, 0.25) is 5.02 Å². The highest BCUT2D eigenvalue weighted by molar-refractivity contribution is 7.10. The van der Waals surface area contributed by atoms with Gasteiger partial charge in [0.1, 0.15) is 0 Å². The number of aromatic nitrogens is 1. The Hall–Kier alpha value is -1.78. The maximum Gasteiger partial charge on any atom is 0.225 e. The number of hydrogen-bond acceptors (Lipinski definition) is 2. The van der Waals surface area contributed by atoms with Gasteiger partial charge in [0.25, 0.3) is 0 Å². The van der Waals surface area contributed by atoms with Crippen LogP contribution in [0, 0.1) is 0 Å². The number of nitrogens with one attached hydrogen (secondary N) is 2. The Bertz CT molecular complexity index is 853. The van der Waals surface area contributed by atoms with Gasteiger partial charge in [0, 0.05) is 16.0 Å². The highest BCUT2D eigenvalue weighted by Crippen LogP contribution is 2.36. The number of carbonyl (C=O) groups excluding carboxylic acids is 1. The van der Waals surface area contributed by atoms with E-state index in [4.69, 9.17) is 11.6 Å². The highest BCUT2D eigenvalue weighted by atomic mass is 35.5. The Morgan fingerprint density at radius 1 is 1.35 bits per heavy atom. The van der Waals surface area contributed by atoms with E-state index in [0.717, 1.165) is 40.4 Å². The summed E-state index contributed by atoms with van der Waals surface area (Å²) in [5.74, 6) is 0.0788. The molecule has 118 valence electrons. The molecule has 0 bridgehead atoms. The summed E-state index contributed by atoms with van der Waals surface area (Å²) in [6.45, 7) is 0. The van der Waals surface area contributed by atoms with E-state index >= 15 is 0 Å². The number of hydrogen-bond donors (Lipinski definition) is 2. The Balaban J connectivity index is 1.61. The molecular formula is C18H17ClN2OS. The fraction of sp³-hybridized carbons (Fsp3) is 0.278. The predicted molar refractivity (Wildman–Crippen MR) is 95.2 cm³/mol. The standard InChI is InChI=1S/C18H17ClN2OS/c19-14-7-1-5-12-13-6-2-8-15(18(13)21-17(12)14)20-16(22)10-11-4-3-9-23-11/h1,3-5,7,9,15,21H,2,6,8,10H2,(H,20,22)/t15-/m0/s1. The van der Waals surface area contributed by atoms with Crippen LogP contribution in [-0.2, 0) is 17.6 Å². The lowest BCUT2D eigenvalue weighted by Crippen LogP contribution is -2.32. The number of para-hydroxylation sites is 1. The first kappa shape index (κ1) is 14.8. The Morgan fingerprint density at radius 2 is 2.26 bits per heavy atom. The lowest BCUT2D eigenvalue weighted by molar-refractivity contribution is -0.121. The molecule has 0 spiro atoms. The Morgan fingerprint density at radius 3 is 3.09 bits per heavy atom. The van der Waals surface area contributed by atoms with Gasteiger partial charge in [0.05, 0.1) is 23.0 Å². The van der Waals surface area contributed by atoms with Crippen molar-refractivity contribution in [2.75, 3.05) is 0 Å². The fourth-order valence-electron chi connectivity index (χ4n) is 3.41. The molecular weight excluding hydrogens is 328 g/mol. The van der Waals surface area contributed by atoms with Gasteiger partial charge in [-0.05, 0) is 42.3 Å². The molecule has 0 radical (unpaired) electrons. The van der Waals surface area contributed by atoms with Crippen molar-refractivity contribution >= 4 is 39.7 Å². The third kappa shape index (κ3) is 2.77. The number of benzene rings is 1. The zero-order valence-electron chi connectivity index (χ0n) is 12.6. The van der Waals surface area contributed by atoms with E-state index in [1.807, 2.05) is 29.6 Å². The predicted octanol–water partition coefficient (Wildman–Crippen LogP) is 4.62. The van der Waals surface area contributed by atoms with Crippen molar-refractivity contribution < 1.29 is 4.79 Å². The minimum Gasteiger partial charge on any atom is -0.355 e. The second kappa shape index (κ2) is 6.02. The van der Waals surface area contributed by atoms with Gasteiger partial charge in [-0.15, -0.1) is 11.3 Å². The monoisotopic (exact) mass is 344 g/mol. The van der Waals surface area contributed by atoms with Crippen LogP contribution in [0.15, 0.2) is 35.7 Å². The summed E-state index contributed by atoms with van der Waals surface area (Å²) in [6.07, 6.45) is 3.53. The van der Waals surface area contributed by atoms with E-state index < -0.39 is 0 Å². The third-order valence-electron chi connectivity index (χ3n) is 4.44. The van der Waals surface area contributed by atoms with Crippen molar-refractivity contribution in [1.29, 1.82) is 0 Å². The van der Waals surface area contributed by atoms with Crippen LogP contribution in [0.4, 0.5) is 0 Å². The topological polar surface area (TPSA) is 44.9 Å². The molecule has 2 aromatic heterocycles. The fourth-order valence-corrected chi connectivity index (χ4v) is 4.34. The summed E-state index contributed by atoms with van der Waals surface area (Å²) in [4.78, 5) is 16.9. The molecule has 0 saturated heterocycles. The van der Waals surface area contributed by atoms with Crippen molar-refractivity contribution in [2.24, 2.45) is 0 Å². The van der Waals surface area contributed by atoms with Gasteiger partial charge < -0.3 is 10.3 Å². The van der Waals surface area contributed by atoms with Gasteiger partial charge in [0.2, 0.25) is 5.91 Å². The molecule has 1 aliphatic carbocycles. The van der Waals surface area contributed by atoms with Crippen LogP contribution in [-0.4, -0.2) is 10.9 Å². The minimum absolute atomic E-state index is 0.0506. The summed E-state index contributed by atoms with van der Waals surface area (Å²) in [5.41, 5.74) is 3.41. The van der Waals surface area contributed by atoms with Crippen LogP contribution < -0.4 is 5.32 Å². The molecule has 3 aromatic rings. The summed E-state index contributed by atoms with van der Waals surface area (Å²) in [6, 6.07) is 10.0. The van der Waals surface area contributed by atoms with Gasteiger partial charge in [-0.25, -0.2) is 0 Å². The normalized spacial score (nSPS) is 17.2. The SMILES string of the molecule is O=C(Cc1cccs1)N[C@H]1CCCc2c1[nH]c1c(Cl)cccc21. The van der Waals surface area contributed by atoms with E-state index in [2.05, 4.69) is 16.4 Å². The first-order valence-electron chi connectivity index (χ1n) is 7.83. The van der Waals surface area contributed by atoms with Crippen LogP contribution in [0.25, 0.3) is 10.9 Å². The average molecular weight is 345 g/mol. The average Bonchev–Trinajstić information content (AvgIpc) is 3.16. The van der Waals surface area contributed by atoms with Crippen molar-refractivity contribution in [3.63, 3.8) is 0 Å². The van der Waals surface area contributed by atoms with E-state index in [-0.39, 0.29) is 11.9 Å². The molecule has 0 fully saturated rings. The number of amides is 1.